The van der Waals surface area contributed by atoms with Crippen LogP contribution in [0.3, 0.4) is 0 Å². The van der Waals surface area contributed by atoms with E-state index in [4.69, 9.17) is 9.15 Å². The summed E-state index contributed by atoms with van der Waals surface area (Å²) < 4.78 is 12.6. The van der Waals surface area contributed by atoms with E-state index >= 15 is 0 Å². The molecule has 2 aromatic heterocycles. The van der Waals surface area contributed by atoms with Crippen LogP contribution < -0.4 is 10.1 Å². The van der Waals surface area contributed by atoms with Crippen LogP contribution in [-0.4, -0.2) is 28.4 Å². The van der Waals surface area contributed by atoms with Crippen LogP contribution in [0, 0.1) is 6.92 Å². The summed E-state index contributed by atoms with van der Waals surface area (Å²) >= 11 is 0. The highest BCUT2D eigenvalue weighted by atomic mass is 16.5. The molecule has 0 spiro atoms. The van der Waals surface area contributed by atoms with Crippen molar-refractivity contribution in [2.45, 2.75) is 6.92 Å². The van der Waals surface area contributed by atoms with E-state index in [1.54, 1.807) is 67.5 Å². The molecule has 2 heterocycles. The van der Waals surface area contributed by atoms with Gasteiger partial charge in [-0.3, -0.25) is 9.59 Å². The van der Waals surface area contributed by atoms with Crippen molar-refractivity contribution in [1.29, 1.82) is 0 Å². The van der Waals surface area contributed by atoms with Crippen molar-refractivity contribution in [3.63, 3.8) is 0 Å². The molecule has 0 bridgehead atoms. The first-order valence-corrected chi connectivity index (χ1v) is 8.98. The monoisotopic (exact) mass is 389 g/mol. The van der Waals surface area contributed by atoms with Gasteiger partial charge in [0.15, 0.2) is 11.6 Å². The number of imidazole rings is 1. The van der Waals surface area contributed by atoms with Gasteiger partial charge in [-0.2, -0.15) is 0 Å². The van der Waals surface area contributed by atoms with E-state index in [2.05, 4.69) is 10.3 Å². The quantitative estimate of drug-likeness (QED) is 0.522. The molecule has 0 unspecified atom stereocenters. The van der Waals surface area contributed by atoms with Gasteiger partial charge in [0.1, 0.15) is 11.3 Å². The average molecular weight is 389 g/mol. The Kier molecular flexibility index (Phi) is 4.64. The fourth-order valence-electron chi connectivity index (χ4n) is 3.15. The molecule has 146 valence electrons. The average Bonchev–Trinajstić information content (AvgIpc) is 3.31. The Bertz CT molecular complexity index is 1220. The molecule has 0 atom stereocenters. The molecule has 0 saturated carbocycles. The van der Waals surface area contributed by atoms with Gasteiger partial charge in [0, 0.05) is 41.6 Å². The van der Waals surface area contributed by atoms with Crippen LogP contribution in [0.1, 0.15) is 32.3 Å². The Morgan fingerprint density at radius 3 is 2.55 bits per heavy atom. The van der Waals surface area contributed by atoms with Gasteiger partial charge in [-0.25, -0.2) is 4.98 Å². The molecule has 29 heavy (non-hydrogen) atoms. The van der Waals surface area contributed by atoms with Gasteiger partial charge >= 0.3 is 0 Å². The number of furan rings is 1. The van der Waals surface area contributed by atoms with Gasteiger partial charge < -0.3 is 19.0 Å². The number of ketones is 1. The number of nitrogens with zero attached hydrogens (tertiary/aromatic N) is 2. The molecule has 0 saturated heterocycles. The molecule has 1 amide bonds. The molecular weight excluding hydrogens is 370 g/mol. The summed E-state index contributed by atoms with van der Waals surface area (Å²) in [5.74, 6) is 0.746. The molecule has 7 nitrogen and oxygen atoms in total. The van der Waals surface area contributed by atoms with Crippen LogP contribution in [0.25, 0.3) is 11.0 Å². The Morgan fingerprint density at radius 2 is 1.90 bits per heavy atom. The number of aromatic nitrogens is 2. The first-order chi connectivity index (χ1) is 14.0. The van der Waals surface area contributed by atoms with E-state index < -0.39 is 0 Å². The number of anilines is 1. The Hall–Kier alpha value is -3.87. The standard InChI is InChI=1S/C22H19N3O4/c1-13-17-12-16(28-3)8-9-18(17)29-20(13)22(27)24-15-6-4-14(5-7-15)19(26)21-23-10-11-25(21)2/h4-12H,1-3H3,(H,24,27). The second-order valence-electron chi connectivity index (χ2n) is 6.64. The zero-order valence-electron chi connectivity index (χ0n) is 16.2. The summed E-state index contributed by atoms with van der Waals surface area (Å²) in [6.45, 7) is 1.83. The van der Waals surface area contributed by atoms with E-state index in [0.717, 1.165) is 10.9 Å². The third kappa shape index (κ3) is 3.38. The van der Waals surface area contributed by atoms with Crippen LogP contribution in [-0.2, 0) is 7.05 Å². The van der Waals surface area contributed by atoms with E-state index in [1.165, 1.54) is 0 Å². The SMILES string of the molecule is COc1ccc2oc(C(=O)Nc3ccc(C(=O)c4nccn4C)cc3)c(C)c2c1. The van der Waals surface area contributed by atoms with E-state index in [0.29, 0.717) is 28.4 Å². The zero-order valence-corrected chi connectivity index (χ0v) is 16.2. The van der Waals surface area contributed by atoms with Gasteiger partial charge in [-0.1, -0.05) is 0 Å². The predicted octanol–water partition coefficient (Wildman–Crippen LogP) is 3.97. The number of rotatable bonds is 5. The lowest BCUT2D eigenvalue weighted by Crippen LogP contribution is -2.13. The highest BCUT2D eigenvalue weighted by Gasteiger charge is 2.19. The number of ether oxygens (including phenoxy) is 1. The third-order valence-electron chi connectivity index (χ3n) is 4.78. The smallest absolute Gasteiger partial charge is 0.291 e. The second-order valence-corrected chi connectivity index (χ2v) is 6.64. The lowest BCUT2D eigenvalue weighted by molar-refractivity contribution is 0.0996. The van der Waals surface area contributed by atoms with Crippen LogP contribution >= 0.6 is 0 Å². The largest absolute Gasteiger partial charge is 0.497 e. The molecule has 1 N–H and O–H groups in total. The molecule has 0 aliphatic rings. The fraction of sp³-hybridized carbons (Fsp3) is 0.136. The minimum absolute atomic E-state index is 0.183. The highest BCUT2D eigenvalue weighted by molar-refractivity contribution is 6.08. The number of hydrogen-bond acceptors (Lipinski definition) is 5. The second kappa shape index (κ2) is 7.27. The molecular formula is C22H19N3O4. The number of fused-ring (bicyclic) bond motifs is 1. The van der Waals surface area contributed by atoms with Crippen molar-refractivity contribution < 1.29 is 18.7 Å². The third-order valence-corrected chi connectivity index (χ3v) is 4.78. The van der Waals surface area contributed by atoms with Crippen molar-refractivity contribution in [3.05, 3.63) is 77.6 Å². The minimum Gasteiger partial charge on any atom is -0.497 e. The summed E-state index contributed by atoms with van der Waals surface area (Å²) in [5.41, 5.74) is 2.40. The maximum Gasteiger partial charge on any atom is 0.291 e. The minimum atomic E-state index is -0.360. The van der Waals surface area contributed by atoms with Crippen molar-refractivity contribution in [1.82, 2.24) is 9.55 Å². The maximum atomic E-state index is 12.7. The molecule has 4 aromatic rings. The summed E-state index contributed by atoms with van der Waals surface area (Å²) in [5, 5.41) is 3.63. The van der Waals surface area contributed by atoms with Crippen LogP contribution in [0.4, 0.5) is 5.69 Å². The van der Waals surface area contributed by atoms with Crippen molar-refractivity contribution >= 4 is 28.3 Å². The normalized spacial score (nSPS) is 10.9. The lowest BCUT2D eigenvalue weighted by Gasteiger charge is -2.06. The Labute approximate surface area is 166 Å². The number of hydrogen-bond donors (Lipinski definition) is 1. The van der Waals surface area contributed by atoms with E-state index in [-0.39, 0.29) is 17.5 Å². The van der Waals surface area contributed by atoms with Gasteiger partial charge in [-0.15, -0.1) is 0 Å². The summed E-state index contributed by atoms with van der Waals surface area (Å²) in [6, 6.07) is 12.1. The summed E-state index contributed by atoms with van der Waals surface area (Å²) in [6.07, 6.45) is 3.29. The Balaban J connectivity index is 1.54. The van der Waals surface area contributed by atoms with Gasteiger partial charge in [0.2, 0.25) is 5.78 Å². The number of nitrogens with one attached hydrogen (secondary N) is 1. The van der Waals surface area contributed by atoms with Crippen molar-refractivity contribution in [2.75, 3.05) is 12.4 Å². The van der Waals surface area contributed by atoms with Crippen molar-refractivity contribution in [3.8, 4) is 5.75 Å². The molecule has 0 radical (unpaired) electrons. The fourth-order valence-corrected chi connectivity index (χ4v) is 3.15. The number of methoxy groups -OCH3 is 1. The number of carbonyl (C=O) groups is 2. The summed E-state index contributed by atoms with van der Waals surface area (Å²) in [7, 11) is 3.35. The van der Waals surface area contributed by atoms with Gasteiger partial charge in [0.25, 0.3) is 5.91 Å². The van der Waals surface area contributed by atoms with E-state index in [1.807, 2.05) is 13.0 Å². The molecule has 0 fully saturated rings. The first-order valence-electron chi connectivity index (χ1n) is 8.98. The summed E-state index contributed by atoms with van der Waals surface area (Å²) in [4.78, 5) is 29.2. The molecule has 7 heteroatoms. The maximum absolute atomic E-state index is 12.7. The van der Waals surface area contributed by atoms with E-state index in [9.17, 15) is 9.59 Å². The molecule has 0 aliphatic heterocycles. The number of carbonyl (C=O) groups excluding carboxylic acids is 2. The number of aryl methyl sites for hydroxylation is 2. The molecule has 4 rings (SSSR count). The number of amides is 1. The van der Waals surface area contributed by atoms with Crippen LogP contribution in [0.2, 0.25) is 0 Å². The van der Waals surface area contributed by atoms with Crippen LogP contribution in [0.5, 0.6) is 5.75 Å². The Morgan fingerprint density at radius 1 is 1.14 bits per heavy atom. The van der Waals surface area contributed by atoms with Gasteiger partial charge in [-0.05, 0) is 49.4 Å². The van der Waals surface area contributed by atoms with Gasteiger partial charge in [0.05, 0.1) is 7.11 Å². The zero-order chi connectivity index (χ0) is 20.5. The molecule has 0 aliphatic carbocycles. The first kappa shape index (κ1) is 18.5. The van der Waals surface area contributed by atoms with Crippen molar-refractivity contribution in [2.24, 2.45) is 7.05 Å². The molecule has 2 aromatic carbocycles. The lowest BCUT2D eigenvalue weighted by atomic mass is 10.1. The highest BCUT2D eigenvalue weighted by Crippen LogP contribution is 2.29. The topological polar surface area (TPSA) is 86.4 Å². The number of benzene rings is 2. The van der Waals surface area contributed by atoms with Crippen LogP contribution in [0.15, 0.2) is 59.3 Å². The predicted molar refractivity (Wildman–Crippen MR) is 109 cm³/mol.